The largest absolute Gasteiger partial charge is 0.351 e. The number of hydrogen-bond acceptors (Lipinski definition) is 4. The zero-order chi connectivity index (χ0) is 22.4. The first-order valence-electron chi connectivity index (χ1n) is 10.3. The summed E-state index contributed by atoms with van der Waals surface area (Å²) in [4.78, 5) is 11.2. The molecule has 1 aliphatic heterocycles. The predicted molar refractivity (Wildman–Crippen MR) is 130 cm³/mol. The Labute approximate surface area is 195 Å². The Balaban J connectivity index is 1.69. The van der Waals surface area contributed by atoms with Crippen LogP contribution < -0.4 is 10.2 Å². The monoisotopic (exact) mass is 463 g/mol. The van der Waals surface area contributed by atoms with E-state index in [-0.39, 0.29) is 17.9 Å². The molecule has 4 heterocycles. The summed E-state index contributed by atoms with van der Waals surface area (Å²) in [7, 11) is 0. The van der Waals surface area contributed by atoms with Crippen LogP contribution in [0.3, 0.4) is 0 Å². The van der Waals surface area contributed by atoms with Gasteiger partial charge in [0, 0.05) is 34.8 Å². The summed E-state index contributed by atoms with van der Waals surface area (Å²) in [5.41, 5.74) is 5.66. The van der Waals surface area contributed by atoms with Crippen LogP contribution in [0.4, 0.5) is 10.1 Å². The maximum absolute atomic E-state index is 14.0. The molecule has 4 aromatic rings. The number of pyridine rings is 1. The molecule has 0 amide bonds. The number of benzene rings is 1. The minimum atomic E-state index is -0.230. The van der Waals surface area contributed by atoms with Gasteiger partial charge >= 0.3 is 0 Å². The highest BCUT2D eigenvalue weighted by Crippen LogP contribution is 2.44. The lowest BCUT2D eigenvalue weighted by atomic mass is 9.96. The number of anilines is 1. The second kappa shape index (κ2) is 8.11. The molecule has 0 bridgehead atoms. The molecule has 1 fully saturated rings. The molecule has 1 aromatic carbocycles. The van der Waals surface area contributed by atoms with E-state index in [9.17, 15) is 4.39 Å². The Bertz CT molecular complexity index is 1280. The normalized spacial score (nSPS) is 18.2. The van der Waals surface area contributed by atoms with Crippen molar-refractivity contribution in [1.29, 1.82) is 0 Å². The van der Waals surface area contributed by atoms with Gasteiger partial charge in [-0.25, -0.2) is 9.37 Å². The first-order valence-corrected chi connectivity index (χ1v) is 11.6. The summed E-state index contributed by atoms with van der Waals surface area (Å²) >= 11 is 7.39. The number of hydrogen-bond donors (Lipinski definition) is 1. The average Bonchev–Trinajstić information content (AvgIpc) is 3.49. The number of rotatable bonds is 4. The average molecular weight is 464 g/mol. The van der Waals surface area contributed by atoms with E-state index in [1.165, 1.54) is 6.07 Å². The molecule has 0 aliphatic carbocycles. The first-order chi connectivity index (χ1) is 15.5. The standard InChI is InChI=1S/C24H22FN5S2/c1-14-12-17(7-8-19(14)25)30-22(21(28-23(30)31)20-6-4-5-9-26-20)18-13-15(2)29(16(18)3)24-27-10-11-32-24/h4-13,21-22H,1-3H3,(H,28,31). The second-order valence-corrected chi connectivity index (χ2v) is 9.17. The van der Waals surface area contributed by atoms with E-state index in [0.29, 0.717) is 10.7 Å². The molecule has 1 aliphatic rings. The highest BCUT2D eigenvalue weighted by atomic mass is 32.1. The number of halogens is 1. The maximum Gasteiger partial charge on any atom is 0.193 e. The summed E-state index contributed by atoms with van der Waals surface area (Å²) in [6.07, 6.45) is 3.61. The SMILES string of the molecule is Cc1cc(N2C(=S)NC(c3ccccn3)C2c2cc(C)n(-c3nccs3)c2C)ccc1F. The van der Waals surface area contributed by atoms with Crippen LogP contribution >= 0.6 is 23.6 Å². The van der Waals surface area contributed by atoms with Crippen LogP contribution in [0, 0.1) is 26.6 Å². The van der Waals surface area contributed by atoms with E-state index in [2.05, 4.69) is 44.7 Å². The lowest BCUT2D eigenvalue weighted by Crippen LogP contribution is -2.29. The third kappa shape index (κ3) is 3.40. The number of thiocarbonyl (C=S) groups is 1. The Morgan fingerprint density at radius 2 is 1.91 bits per heavy atom. The van der Waals surface area contributed by atoms with Crippen molar-refractivity contribution in [2.75, 3.05) is 4.90 Å². The van der Waals surface area contributed by atoms with Crippen molar-refractivity contribution in [3.8, 4) is 5.13 Å². The molecule has 0 saturated carbocycles. The van der Waals surface area contributed by atoms with Gasteiger partial charge in [-0.3, -0.25) is 9.55 Å². The Morgan fingerprint density at radius 3 is 2.59 bits per heavy atom. The van der Waals surface area contributed by atoms with Gasteiger partial charge in [0.1, 0.15) is 5.82 Å². The third-order valence-corrected chi connectivity index (χ3v) is 6.99. The van der Waals surface area contributed by atoms with Gasteiger partial charge in [0.2, 0.25) is 0 Å². The maximum atomic E-state index is 14.0. The van der Waals surface area contributed by atoms with Crippen LogP contribution in [0.15, 0.2) is 60.2 Å². The highest BCUT2D eigenvalue weighted by molar-refractivity contribution is 7.80. The molecule has 0 radical (unpaired) electrons. The van der Waals surface area contributed by atoms with Crippen molar-refractivity contribution in [3.63, 3.8) is 0 Å². The van der Waals surface area contributed by atoms with Crippen LogP contribution in [0.1, 0.15) is 40.3 Å². The van der Waals surface area contributed by atoms with E-state index < -0.39 is 0 Å². The molecule has 0 spiro atoms. The Morgan fingerprint density at radius 1 is 1.06 bits per heavy atom. The van der Waals surface area contributed by atoms with Crippen molar-refractivity contribution in [2.24, 2.45) is 0 Å². The molecule has 5 rings (SSSR count). The molecular formula is C24H22FN5S2. The van der Waals surface area contributed by atoms with Gasteiger partial charge < -0.3 is 10.2 Å². The van der Waals surface area contributed by atoms with Gasteiger partial charge in [0.15, 0.2) is 10.2 Å². The number of aryl methyl sites for hydroxylation is 2. The summed E-state index contributed by atoms with van der Waals surface area (Å²) in [5.74, 6) is -0.230. The topological polar surface area (TPSA) is 46.0 Å². The smallest absolute Gasteiger partial charge is 0.193 e. The summed E-state index contributed by atoms with van der Waals surface area (Å²) < 4.78 is 16.2. The van der Waals surface area contributed by atoms with E-state index in [4.69, 9.17) is 12.2 Å². The van der Waals surface area contributed by atoms with Gasteiger partial charge in [-0.1, -0.05) is 6.07 Å². The van der Waals surface area contributed by atoms with Crippen molar-refractivity contribution in [2.45, 2.75) is 32.9 Å². The molecule has 2 atom stereocenters. The molecule has 1 N–H and O–H groups in total. The van der Waals surface area contributed by atoms with Gasteiger partial charge in [-0.05, 0) is 80.5 Å². The summed E-state index contributed by atoms with van der Waals surface area (Å²) in [5, 5.41) is 6.97. The van der Waals surface area contributed by atoms with Crippen LogP contribution in [-0.4, -0.2) is 19.6 Å². The molecule has 1 saturated heterocycles. The minimum absolute atomic E-state index is 0.151. The minimum Gasteiger partial charge on any atom is -0.351 e. The van der Waals surface area contributed by atoms with Gasteiger partial charge in [-0.15, -0.1) is 11.3 Å². The lowest BCUT2D eigenvalue weighted by molar-refractivity contribution is 0.564. The molecule has 2 unspecified atom stereocenters. The summed E-state index contributed by atoms with van der Waals surface area (Å²) in [6.45, 7) is 5.96. The molecule has 162 valence electrons. The van der Waals surface area contributed by atoms with E-state index in [0.717, 1.165) is 33.5 Å². The number of thiazole rings is 1. The highest BCUT2D eigenvalue weighted by Gasteiger charge is 2.42. The number of nitrogens with zero attached hydrogens (tertiary/aromatic N) is 4. The van der Waals surface area contributed by atoms with Crippen LogP contribution in [0.5, 0.6) is 0 Å². The molecule has 5 nitrogen and oxygen atoms in total. The molecule has 3 aromatic heterocycles. The first kappa shape index (κ1) is 20.8. The van der Waals surface area contributed by atoms with Gasteiger partial charge in [0.25, 0.3) is 0 Å². The van der Waals surface area contributed by atoms with Crippen molar-refractivity contribution in [3.05, 3.63) is 94.3 Å². The predicted octanol–water partition coefficient (Wildman–Crippen LogP) is 5.57. The summed E-state index contributed by atoms with van der Waals surface area (Å²) in [6, 6.07) is 12.9. The number of aromatic nitrogens is 3. The van der Waals surface area contributed by atoms with Crippen molar-refractivity contribution in [1.82, 2.24) is 19.9 Å². The Hall–Kier alpha value is -3.10. The van der Waals surface area contributed by atoms with Crippen LogP contribution in [-0.2, 0) is 0 Å². The van der Waals surface area contributed by atoms with Crippen molar-refractivity contribution < 1.29 is 4.39 Å². The fraction of sp³-hybridized carbons (Fsp3) is 0.208. The zero-order valence-corrected chi connectivity index (χ0v) is 19.5. The molecular weight excluding hydrogens is 441 g/mol. The molecule has 32 heavy (non-hydrogen) atoms. The number of nitrogens with one attached hydrogen (secondary N) is 1. The fourth-order valence-corrected chi connectivity index (χ4v) is 5.53. The zero-order valence-electron chi connectivity index (χ0n) is 17.9. The van der Waals surface area contributed by atoms with Gasteiger partial charge in [0.05, 0.1) is 17.8 Å². The van der Waals surface area contributed by atoms with E-state index >= 15 is 0 Å². The fourth-order valence-electron chi connectivity index (χ4n) is 4.44. The third-order valence-electron chi connectivity index (χ3n) is 5.92. The second-order valence-electron chi connectivity index (χ2n) is 7.91. The van der Waals surface area contributed by atoms with Crippen LogP contribution in [0.25, 0.3) is 5.13 Å². The quantitative estimate of drug-likeness (QED) is 0.401. The van der Waals surface area contributed by atoms with Crippen molar-refractivity contribution >= 4 is 34.4 Å². The van der Waals surface area contributed by atoms with E-state index in [1.54, 1.807) is 30.5 Å². The Kier molecular flexibility index (Phi) is 5.27. The molecule has 8 heteroatoms. The van der Waals surface area contributed by atoms with E-state index in [1.807, 2.05) is 35.8 Å². The van der Waals surface area contributed by atoms with Crippen LogP contribution in [0.2, 0.25) is 0 Å². The lowest BCUT2D eigenvalue weighted by Gasteiger charge is -2.28. The van der Waals surface area contributed by atoms with Gasteiger partial charge in [-0.2, -0.15) is 0 Å².